The van der Waals surface area contributed by atoms with Gasteiger partial charge in [-0.1, -0.05) is 38.1 Å². The molecule has 3 heteroatoms. The molecule has 0 atom stereocenters. The van der Waals surface area contributed by atoms with E-state index in [1.165, 1.54) is 6.07 Å². The van der Waals surface area contributed by atoms with Crippen LogP contribution in [0.3, 0.4) is 0 Å². The smallest absolute Gasteiger partial charge is 0.166 e. The van der Waals surface area contributed by atoms with Gasteiger partial charge in [0.2, 0.25) is 0 Å². The first-order chi connectivity index (χ1) is 9.61. The van der Waals surface area contributed by atoms with Crippen molar-refractivity contribution in [3.8, 4) is 11.5 Å². The Labute approximate surface area is 119 Å². The van der Waals surface area contributed by atoms with E-state index < -0.39 is 0 Å². The van der Waals surface area contributed by atoms with Crippen LogP contribution in [0.1, 0.15) is 30.9 Å². The van der Waals surface area contributed by atoms with Crippen molar-refractivity contribution in [3.63, 3.8) is 0 Å². The van der Waals surface area contributed by atoms with E-state index in [4.69, 9.17) is 4.74 Å². The van der Waals surface area contributed by atoms with Gasteiger partial charge in [-0.05, 0) is 42.3 Å². The molecule has 2 nitrogen and oxygen atoms in total. The molecule has 0 unspecified atom stereocenters. The lowest BCUT2D eigenvalue weighted by Gasteiger charge is -2.14. The lowest BCUT2D eigenvalue weighted by atomic mass is 10.0. The summed E-state index contributed by atoms with van der Waals surface area (Å²) in [6.07, 6.45) is 0. The number of nitrogens with one attached hydrogen (secondary N) is 1. The van der Waals surface area contributed by atoms with Crippen molar-refractivity contribution in [1.29, 1.82) is 0 Å². The largest absolute Gasteiger partial charge is 0.454 e. The lowest BCUT2D eigenvalue weighted by Crippen LogP contribution is -2.05. The minimum absolute atomic E-state index is 0.262. The van der Waals surface area contributed by atoms with Gasteiger partial charge in [0.15, 0.2) is 11.6 Å². The Morgan fingerprint density at radius 2 is 1.85 bits per heavy atom. The third kappa shape index (κ3) is 3.36. The number of rotatable bonds is 5. The minimum atomic E-state index is -0.337. The molecule has 2 rings (SSSR count). The van der Waals surface area contributed by atoms with Crippen LogP contribution in [0.5, 0.6) is 11.5 Å². The fraction of sp³-hybridized carbons (Fsp3) is 0.294. The molecular weight excluding hydrogens is 253 g/mol. The molecule has 0 aliphatic carbocycles. The Kier molecular flexibility index (Phi) is 4.74. The molecule has 0 aromatic heterocycles. The molecule has 20 heavy (non-hydrogen) atoms. The molecule has 0 aliphatic heterocycles. The van der Waals surface area contributed by atoms with Gasteiger partial charge in [0.25, 0.3) is 0 Å². The van der Waals surface area contributed by atoms with Crippen LogP contribution < -0.4 is 10.1 Å². The van der Waals surface area contributed by atoms with Gasteiger partial charge in [0, 0.05) is 6.54 Å². The van der Waals surface area contributed by atoms with Gasteiger partial charge in [-0.15, -0.1) is 0 Å². The summed E-state index contributed by atoms with van der Waals surface area (Å²) in [5, 5.41) is 3.00. The minimum Gasteiger partial charge on any atom is -0.454 e. The molecule has 0 heterocycles. The van der Waals surface area contributed by atoms with E-state index in [1.54, 1.807) is 6.07 Å². The van der Waals surface area contributed by atoms with Gasteiger partial charge in [0.1, 0.15) is 5.75 Å². The average Bonchev–Trinajstić information content (AvgIpc) is 2.42. The molecule has 2 aromatic rings. The number of para-hydroxylation sites is 1. The number of hydrogen-bond donors (Lipinski definition) is 1. The Hall–Kier alpha value is -1.87. The SMILES string of the molecule is CNCc1ccc(Oc2ccccc2C(C)C)c(F)c1. The molecule has 2 aromatic carbocycles. The zero-order valence-electron chi connectivity index (χ0n) is 12.1. The maximum atomic E-state index is 14.0. The van der Waals surface area contributed by atoms with Crippen molar-refractivity contribution in [1.82, 2.24) is 5.32 Å². The van der Waals surface area contributed by atoms with Crippen molar-refractivity contribution in [3.05, 3.63) is 59.4 Å². The van der Waals surface area contributed by atoms with Crippen molar-refractivity contribution >= 4 is 0 Å². The van der Waals surface area contributed by atoms with Gasteiger partial charge in [-0.3, -0.25) is 0 Å². The lowest BCUT2D eigenvalue weighted by molar-refractivity contribution is 0.435. The van der Waals surface area contributed by atoms with Crippen molar-refractivity contribution < 1.29 is 9.13 Å². The summed E-state index contributed by atoms with van der Waals surface area (Å²) in [6.45, 7) is 4.82. The molecule has 0 saturated heterocycles. The Morgan fingerprint density at radius 3 is 2.50 bits per heavy atom. The Bertz CT molecular complexity index is 581. The van der Waals surface area contributed by atoms with E-state index in [2.05, 4.69) is 19.2 Å². The Balaban J connectivity index is 2.26. The van der Waals surface area contributed by atoms with Crippen molar-refractivity contribution in [2.24, 2.45) is 0 Å². The summed E-state index contributed by atoms with van der Waals surface area (Å²) in [6, 6.07) is 12.8. The van der Waals surface area contributed by atoms with E-state index in [0.29, 0.717) is 18.2 Å². The normalized spacial score (nSPS) is 10.8. The van der Waals surface area contributed by atoms with Gasteiger partial charge in [-0.25, -0.2) is 4.39 Å². The van der Waals surface area contributed by atoms with Crippen LogP contribution in [0.25, 0.3) is 0 Å². The summed E-state index contributed by atoms with van der Waals surface area (Å²) < 4.78 is 19.8. The van der Waals surface area contributed by atoms with Gasteiger partial charge < -0.3 is 10.1 Å². The van der Waals surface area contributed by atoms with Crippen LogP contribution >= 0.6 is 0 Å². The molecule has 1 N–H and O–H groups in total. The van der Waals surface area contributed by atoms with E-state index >= 15 is 0 Å². The molecule has 106 valence electrons. The second-order valence-electron chi connectivity index (χ2n) is 5.09. The monoisotopic (exact) mass is 273 g/mol. The van der Waals surface area contributed by atoms with Crippen LogP contribution in [0.4, 0.5) is 4.39 Å². The second kappa shape index (κ2) is 6.53. The summed E-state index contributed by atoms with van der Waals surface area (Å²) >= 11 is 0. The molecule has 0 bridgehead atoms. The maximum absolute atomic E-state index is 14.0. The second-order valence-corrected chi connectivity index (χ2v) is 5.09. The summed E-state index contributed by atoms with van der Waals surface area (Å²) in [5.41, 5.74) is 1.97. The number of halogens is 1. The first-order valence-corrected chi connectivity index (χ1v) is 6.81. The highest BCUT2D eigenvalue weighted by molar-refractivity contribution is 5.40. The molecule has 0 fully saturated rings. The van der Waals surface area contributed by atoms with Crippen LogP contribution in [0.15, 0.2) is 42.5 Å². The third-order valence-corrected chi connectivity index (χ3v) is 3.14. The maximum Gasteiger partial charge on any atom is 0.166 e. The molecule has 0 amide bonds. The third-order valence-electron chi connectivity index (χ3n) is 3.14. The first kappa shape index (κ1) is 14.5. The highest BCUT2D eigenvalue weighted by Gasteiger charge is 2.11. The standard InChI is InChI=1S/C17H20FNO/c1-12(2)14-6-4-5-7-16(14)20-17-9-8-13(11-19-3)10-15(17)18/h4-10,12,19H,11H2,1-3H3. The number of ether oxygens (including phenoxy) is 1. The molecular formula is C17H20FNO. The summed E-state index contributed by atoms with van der Waals surface area (Å²) in [7, 11) is 1.83. The molecule has 0 spiro atoms. The highest BCUT2D eigenvalue weighted by Crippen LogP contribution is 2.31. The van der Waals surface area contributed by atoms with Crippen molar-refractivity contribution in [2.75, 3.05) is 7.05 Å². The first-order valence-electron chi connectivity index (χ1n) is 6.81. The van der Waals surface area contributed by atoms with Crippen LogP contribution in [0.2, 0.25) is 0 Å². The van der Waals surface area contributed by atoms with Gasteiger partial charge in [0.05, 0.1) is 0 Å². The molecule has 0 aliphatic rings. The average molecular weight is 273 g/mol. The van der Waals surface area contributed by atoms with Crippen LogP contribution in [-0.4, -0.2) is 7.05 Å². The van der Waals surface area contributed by atoms with Crippen molar-refractivity contribution in [2.45, 2.75) is 26.3 Å². The van der Waals surface area contributed by atoms with E-state index in [9.17, 15) is 4.39 Å². The fourth-order valence-electron chi connectivity index (χ4n) is 2.11. The number of benzene rings is 2. The zero-order valence-corrected chi connectivity index (χ0v) is 12.1. The summed E-state index contributed by atoms with van der Waals surface area (Å²) in [5.74, 6) is 0.967. The quantitative estimate of drug-likeness (QED) is 0.868. The Morgan fingerprint density at radius 1 is 1.10 bits per heavy atom. The van der Waals surface area contributed by atoms with E-state index in [0.717, 1.165) is 11.1 Å². The fourth-order valence-corrected chi connectivity index (χ4v) is 2.11. The zero-order chi connectivity index (χ0) is 14.5. The van der Waals surface area contributed by atoms with Gasteiger partial charge >= 0.3 is 0 Å². The molecule has 0 radical (unpaired) electrons. The van der Waals surface area contributed by atoms with E-state index in [1.807, 2.05) is 37.4 Å². The topological polar surface area (TPSA) is 21.3 Å². The summed E-state index contributed by atoms with van der Waals surface area (Å²) in [4.78, 5) is 0. The predicted octanol–water partition coefficient (Wildman–Crippen LogP) is 4.46. The van der Waals surface area contributed by atoms with Crippen LogP contribution in [0, 0.1) is 5.82 Å². The predicted molar refractivity (Wildman–Crippen MR) is 79.8 cm³/mol. The molecule has 0 saturated carbocycles. The highest BCUT2D eigenvalue weighted by atomic mass is 19.1. The van der Waals surface area contributed by atoms with E-state index in [-0.39, 0.29) is 11.6 Å². The van der Waals surface area contributed by atoms with Gasteiger partial charge in [-0.2, -0.15) is 0 Å². The number of hydrogen-bond acceptors (Lipinski definition) is 2. The van der Waals surface area contributed by atoms with Crippen LogP contribution in [-0.2, 0) is 6.54 Å².